The zero-order valence-corrected chi connectivity index (χ0v) is 23.2. The number of nitrogens with zero attached hydrogens (tertiary/aromatic N) is 4. The minimum atomic E-state index is -1.25. The van der Waals surface area contributed by atoms with Gasteiger partial charge in [0.2, 0.25) is 0 Å². The summed E-state index contributed by atoms with van der Waals surface area (Å²) in [5, 5.41) is 1.81. The first-order valence-corrected chi connectivity index (χ1v) is 14.9. The smallest absolute Gasteiger partial charge is 0.146 e. The lowest BCUT2D eigenvalue weighted by Crippen LogP contribution is -2.38. The number of nitrogen functional groups attached to an aromatic ring is 1. The summed E-state index contributed by atoms with van der Waals surface area (Å²) in [7, 11) is -1.25. The van der Waals surface area contributed by atoms with E-state index in [1.165, 1.54) is 35.1 Å². The average Bonchev–Trinajstić information content (AvgIpc) is 3.63. The average molecular weight is 531 g/mol. The molecule has 200 valence electrons. The van der Waals surface area contributed by atoms with Crippen molar-refractivity contribution in [3.63, 3.8) is 0 Å². The van der Waals surface area contributed by atoms with Crippen LogP contribution in [0.2, 0.25) is 0 Å². The highest BCUT2D eigenvalue weighted by Crippen LogP contribution is 2.36. The van der Waals surface area contributed by atoms with Crippen molar-refractivity contribution in [2.45, 2.75) is 63.4 Å². The first-order chi connectivity index (χ1) is 18.4. The number of hydrogen-bond donors (Lipinski definition) is 2. The van der Waals surface area contributed by atoms with Crippen LogP contribution >= 0.6 is 0 Å². The van der Waals surface area contributed by atoms with E-state index in [4.69, 9.17) is 11.6 Å². The molecule has 1 aliphatic carbocycles. The van der Waals surface area contributed by atoms with Crippen LogP contribution in [-0.2, 0) is 24.0 Å². The van der Waals surface area contributed by atoms with Crippen LogP contribution in [0.1, 0.15) is 53.5 Å². The van der Waals surface area contributed by atoms with Crippen molar-refractivity contribution in [3.8, 4) is 0 Å². The highest BCUT2D eigenvalue weighted by atomic mass is 32.2. The molecular formula is C30H38N6OS. The standard InChI is InChI=1S/C30H38N6OS/c1-20-7-8-23(15-24-11-12-27(29(31)21(24)2)36(32)17-22-9-10-22)16-25(20)18-34-19-26-5-4-14-35(26)30-28(38(34)37)6-3-13-33-30/h3,6-8,11-13,16,22,26H,4-5,9-10,14-15,17-19,31-32H2,1-2H3. The molecule has 8 heteroatoms. The normalized spacial score (nSPS) is 21.2. The van der Waals surface area contributed by atoms with E-state index < -0.39 is 11.0 Å². The van der Waals surface area contributed by atoms with Gasteiger partial charge in [0.05, 0.1) is 16.3 Å². The van der Waals surface area contributed by atoms with Gasteiger partial charge < -0.3 is 15.6 Å². The molecule has 3 heterocycles. The lowest BCUT2D eigenvalue weighted by atomic mass is 9.96. The van der Waals surface area contributed by atoms with Crippen molar-refractivity contribution in [2.75, 3.05) is 35.3 Å². The molecule has 4 N–H and O–H groups in total. The molecule has 0 amide bonds. The molecule has 2 fully saturated rings. The number of rotatable bonds is 7. The van der Waals surface area contributed by atoms with Crippen LogP contribution in [0.25, 0.3) is 0 Å². The minimum absolute atomic E-state index is 0.352. The predicted molar refractivity (Wildman–Crippen MR) is 155 cm³/mol. The van der Waals surface area contributed by atoms with E-state index in [2.05, 4.69) is 58.4 Å². The van der Waals surface area contributed by atoms with Crippen LogP contribution in [0, 0.1) is 19.8 Å². The van der Waals surface area contributed by atoms with Crippen LogP contribution in [0.3, 0.4) is 0 Å². The Kier molecular flexibility index (Phi) is 6.88. The molecule has 0 bridgehead atoms. The SMILES string of the molecule is Cc1ccc(Cc2ccc(N(N)CC3CC3)c(N)c2C)cc1CN1CC2CCCN2c2ncccc2S1=O. The Hall–Kier alpha value is -2.94. The van der Waals surface area contributed by atoms with Gasteiger partial charge in [-0.05, 0) is 97.9 Å². The van der Waals surface area contributed by atoms with Gasteiger partial charge in [0.15, 0.2) is 0 Å². The number of anilines is 3. The van der Waals surface area contributed by atoms with Crippen molar-refractivity contribution in [1.29, 1.82) is 0 Å². The van der Waals surface area contributed by atoms with E-state index in [1.54, 1.807) is 0 Å². The Morgan fingerprint density at radius 3 is 2.76 bits per heavy atom. The molecule has 7 nitrogen and oxygen atoms in total. The summed E-state index contributed by atoms with van der Waals surface area (Å²) in [6.07, 6.45) is 7.39. The molecule has 1 saturated heterocycles. The van der Waals surface area contributed by atoms with Crippen molar-refractivity contribution in [2.24, 2.45) is 11.8 Å². The molecule has 0 spiro atoms. The van der Waals surface area contributed by atoms with Crippen molar-refractivity contribution in [3.05, 3.63) is 76.5 Å². The first-order valence-electron chi connectivity index (χ1n) is 13.8. The number of nitrogens with two attached hydrogens (primary N) is 2. The highest BCUT2D eigenvalue weighted by Gasteiger charge is 2.36. The summed E-state index contributed by atoms with van der Waals surface area (Å²) in [5.74, 6) is 7.93. The lowest BCUT2D eigenvalue weighted by molar-refractivity contribution is 0.406. The van der Waals surface area contributed by atoms with Gasteiger partial charge in [-0.1, -0.05) is 24.3 Å². The molecule has 2 aromatic carbocycles. The summed E-state index contributed by atoms with van der Waals surface area (Å²) in [4.78, 5) is 7.81. The highest BCUT2D eigenvalue weighted by molar-refractivity contribution is 7.82. The van der Waals surface area contributed by atoms with Crippen LogP contribution in [0.15, 0.2) is 53.6 Å². The number of benzene rings is 2. The quantitative estimate of drug-likeness (QED) is 0.266. The molecule has 3 aromatic rings. The number of hydrogen-bond acceptors (Lipinski definition) is 6. The second kappa shape index (κ2) is 10.3. The largest absolute Gasteiger partial charge is 0.397 e. The summed E-state index contributed by atoms with van der Waals surface area (Å²) in [6, 6.07) is 15.1. The van der Waals surface area contributed by atoms with Gasteiger partial charge in [-0.2, -0.15) is 0 Å². The molecule has 2 aliphatic heterocycles. The number of fused-ring (bicyclic) bond motifs is 3. The van der Waals surface area contributed by atoms with E-state index in [-0.39, 0.29) is 0 Å². The Morgan fingerprint density at radius 2 is 1.95 bits per heavy atom. The maximum absolute atomic E-state index is 13.7. The topological polar surface area (TPSA) is 91.7 Å². The van der Waals surface area contributed by atoms with Gasteiger partial charge in [-0.15, -0.1) is 0 Å². The summed E-state index contributed by atoms with van der Waals surface area (Å²) in [5.41, 5.74) is 14.2. The molecule has 6 rings (SSSR count). The first kappa shape index (κ1) is 25.3. The van der Waals surface area contributed by atoms with Crippen LogP contribution in [0.4, 0.5) is 17.2 Å². The molecular weight excluding hydrogens is 492 g/mol. The summed E-state index contributed by atoms with van der Waals surface area (Å²) < 4.78 is 15.9. The predicted octanol–water partition coefficient (Wildman–Crippen LogP) is 4.47. The number of hydrazine groups is 1. The third kappa shape index (κ3) is 4.93. The third-order valence-corrected chi connectivity index (χ3v) is 9.90. The van der Waals surface area contributed by atoms with Crippen molar-refractivity contribution >= 4 is 28.2 Å². The Labute approximate surface area is 228 Å². The maximum Gasteiger partial charge on any atom is 0.146 e. The monoisotopic (exact) mass is 530 g/mol. The van der Waals surface area contributed by atoms with Gasteiger partial charge in [-0.3, -0.25) is 0 Å². The third-order valence-electron chi connectivity index (χ3n) is 8.46. The molecule has 3 aliphatic rings. The number of pyridine rings is 1. The fourth-order valence-corrected chi connectivity index (χ4v) is 7.26. The summed E-state index contributed by atoms with van der Waals surface area (Å²) in [6.45, 7) is 7.51. The molecule has 1 aromatic heterocycles. The van der Waals surface area contributed by atoms with E-state index >= 15 is 0 Å². The van der Waals surface area contributed by atoms with Gasteiger partial charge in [0, 0.05) is 38.4 Å². The van der Waals surface area contributed by atoms with Crippen LogP contribution in [-0.4, -0.2) is 39.2 Å². The number of aromatic nitrogens is 1. The molecule has 1 saturated carbocycles. The molecule has 2 unspecified atom stereocenters. The minimum Gasteiger partial charge on any atom is -0.397 e. The Morgan fingerprint density at radius 1 is 1.11 bits per heavy atom. The van der Waals surface area contributed by atoms with E-state index in [9.17, 15) is 4.21 Å². The van der Waals surface area contributed by atoms with Crippen LogP contribution < -0.4 is 21.5 Å². The van der Waals surface area contributed by atoms with Gasteiger partial charge in [0.25, 0.3) is 0 Å². The molecule has 0 radical (unpaired) electrons. The zero-order valence-electron chi connectivity index (χ0n) is 22.4. The van der Waals surface area contributed by atoms with Gasteiger partial charge in [0.1, 0.15) is 16.8 Å². The fourth-order valence-electron chi connectivity index (χ4n) is 5.90. The Bertz CT molecular complexity index is 1370. The van der Waals surface area contributed by atoms with E-state index in [0.717, 1.165) is 66.5 Å². The van der Waals surface area contributed by atoms with Crippen molar-refractivity contribution < 1.29 is 4.21 Å². The second-order valence-corrected chi connectivity index (χ2v) is 12.7. The number of aryl methyl sites for hydroxylation is 1. The van der Waals surface area contributed by atoms with E-state index in [1.807, 2.05) is 23.3 Å². The molecule has 2 atom stereocenters. The Balaban J connectivity index is 1.23. The van der Waals surface area contributed by atoms with Crippen molar-refractivity contribution in [1.82, 2.24) is 9.29 Å². The molecule has 38 heavy (non-hydrogen) atoms. The summed E-state index contributed by atoms with van der Waals surface area (Å²) >= 11 is 0. The van der Waals surface area contributed by atoms with Gasteiger partial charge in [-0.25, -0.2) is 19.3 Å². The second-order valence-electron chi connectivity index (χ2n) is 11.2. The lowest BCUT2D eigenvalue weighted by Gasteiger charge is -2.26. The zero-order chi connectivity index (χ0) is 26.4. The van der Waals surface area contributed by atoms with E-state index in [0.29, 0.717) is 18.5 Å². The van der Waals surface area contributed by atoms with Gasteiger partial charge >= 0.3 is 0 Å². The maximum atomic E-state index is 13.7. The van der Waals surface area contributed by atoms with Crippen LogP contribution in [0.5, 0.6) is 0 Å². The fraction of sp³-hybridized carbons (Fsp3) is 0.433.